The van der Waals surface area contributed by atoms with Crippen molar-refractivity contribution in [1.82, 2.24) is 30.3 Å². The molecule has 0 unspecified atom stereocenters. The number of H-pyrrole nitrogens is 1. The van der Waals surface area contributed by atoms with Gasteiger partial charge in [0.2, 0.25) is 0 Å². The fraction of sp³-hybridized carbons (Fsp3) is 0.591. The van der Waals surface area contributed by atoms with Crippen LogP contribution in [0.15, 0.2) is 35.6 Å². The highest BCUT2D eigenvalue weighted by Crippen LogP contribution is 2.25. The molecule has 2 aromatic rings. The van der Waals surface area contributed by atoms with Crippen LogP contribution in [0.2, 0.25) is 5.02 Å². The number of hydrogen-bond donors (Lipinski definition) is 2. The van der Waals surface area contributed by atoms with Crippen LogP contribution in [0.5, 0.6) is 0 Å². The Hall–Kier alpha value is -2.12. The molecule has 2 aliphatic heterocycles. The lowest BCUT2D eigenvalue weighted by Gasteiger charge is -2.35. The van der Waals surface area contributed by atoms with Crippen molar-refractivity contribution in [3.8, 4) is 0 Å². The number of nitrogens with zero attached hydrogens (tertiary/aromatic N) is 5. The lowest BCUT2D eigenvalue weighted by molar-refractivity contribution is 0.177. The van der Waals surface area contributed by atoms with E-state index in [1.165, 1.54) is 18.4 Å². The molecule has 4 rings (SSSR count). The van der Waals surface area contributed by atoms with E-state index in [1.807, 2.05) is 19.2 Å². The summed E-state index contributed by atoms with van der Waals surface area (Å²) in [5, 5.41) is 11.5. The van der Waals surface area contributed by atoms with E-state index < -0.39 is 0 Å². The van der Waals surface area contributed by atoms with E-state index >= 15 is 0 Å². The van der Waals surface area contributed by atoms with Crippen molar-refractivity contribution >= 4 is 17.6 Å². The molecule has 0 aliphatic carbocycles. The summed E-state index contributed by atoms with van der Waals surface area (Å²) in [5.41, 5.74) is 1.23. The molecule has 0 amide bonds. The fourth-order valence-electron chi connectivity index (χ4n) is 4.56. The van der Waals surface area contributed by atoms with Gasteiger partial charge in [-0.15, -0.1) is 0 Å². The number of guanidine groups is 1. The zero-order chi connectivity index (χ0) is 20.8. The summed E-state index contributed by atoms with van der Waals surface area (Å²) in [6.07, 6.45) is 6.18. The standard InChI is InChI=1S/C22H32ClN7/c1-24-22(30-12-8-18(9-13-30)21-26-16-27-28-21)25-14-17-6-10-29(11-7-17)15-19-4-2-3-5-20(19)23/h2-5,16-18H,6-15H2,1H3,(H,24,25)(H,26,27,28). The van der Waals surface area contributed by atoms with Gasteiger partial charge >= 0.3 is 0 Å². The van der Waals surface area contributed by atoms with Crippen molar-refractivity contribution in [3.63, 3.8) is 0 Å². The highest BCUT2D eigenvalue weighted by atomic mass is 35.5. The fourth-order valence-corrected chi connectivity index (χ4v) is 4.76. The van der Waals surface area contributed by atoms with Crippen LogP contribution in [0.25, 0.3) is 0 Å². The first-order chi connectivity index (χ1) is 14.7. The summed E-state index contributed by atoms with van der Waals surface area (Å²) in [5.74, 6) is 3.21. The summed E-state index contributed by atoms with van der Waals surface area (Å²) >= 11 is 6.32. The van der Waals surface area contributed by atoms with Gasteiger partial charge in [-0.05, 0) is 56.3 Å². The minimum absolute atomic E-state index is 0.476. The molecule has 0 atom stereocenters. The molecule has 0 saturated carbocycles. The number of likely N-dealkylation sites (tertiary alicyclic amines) is 2. The van der Waals surface area contributed by atoms with Crippen molar-refractivity contribution in [1.29, 1.82) is 0 Å². The molecule has 1 aromatic heterocycles. The van der Waals surface area contributed by atoms with Crippen molar-refractivity contribution in [2.24, 2.45) is 10.9 Å². The summed E-state index contributed by atoms with van der Waals surface area (Å²) in [4.78, 5) is 13.7. The zero-order valence-electron chi connectivity index (χ0n) is 17.7. The predicted octanol–water partition coefficient (Wildman–Crippen LogP) is 3.13. The van der Waals surface area contributed by atoms with Crippen LogP contribution in [0.3, 0.4) is 0 Å². The molecule has 1 aromatic carbocycles. The lowest BCUT2D eigenvalue weighted by atomic mass is 9.95. The number of benzene rings is 1. The van der Waals surface area contributed by atoms with E-state index in [4.69, 9.17) is 11.6 Å². The second-order valence-corrected chi connectivity index (χ2v) is 8.78. The lowest BCUT2D eigenvalue weighted by Crippen LogP contribution is -2.47. The van der Waals surface area contributed by atoms with Gasteiger partial charge in [-0.25, -0.2) is 4.98 Å². The Morgan fingerprint density at radius 3 is 2.60 bits per heavy atom. The van der Waals surface area contributed by atoms with E-state index in [1.54, 1.807) is 6.33 Å². The molecule has 2 fully saturated rings. The minimum Gasteiger partial charge on any atom is -0.356 e. The van der Waals surface area contributed by atoms with E-state index in [9.17, 15) is 0 Å². The van der Waals surface area contributed by atoms with Gasteiger partial charge in [0.25, 0.3) is 0 Å². The predicted molar refractivity (Wildman–Crippen MR) is 121 cm³/mol. The average Bonchev–Trinajstić information content (AvgIpc) is 3.32. The number of aliphatic imine (C=N–C) groups is 1. The molecule has 162 valence electrons. The smallest absolute Gasteiger partial charge is 0.193 e. The number of aromatic nitrogens is 3. The molecular formula is C22H32ClN7. The van der Waals surface area contributed by atoms with Crippen LogP contribution in [0.1, 0.15) is 43.0 Å². The molecule has 7 nitrogen and oxygen atoms in total. The SMILES string of the molecule is CN=C(NCC1CCN(Cc2ccccc2Cl)CC1)N1CCC(c2ncn[nH]2)CC1. The quantitative estimate of drug-likeness (QED) is 0.564. The summed E-state index contributed by atoms with van der Waals surface area (Å²) in [7, 11) is 1.89. The molecule has 30 heavy (non-hydrogen) atoms. The molecule has 2 saturated heterocycles. The molecule has 0 bridgehead atoms. The number of rotatable bonds is 5. The largest absolute Gasteiger partial charge is 0.356 e. The van der Waals surface area contributed by atoms with Gasteiger partial charge in [-0.3, -0.25) is 15.0 Å². The van der Waals surface area contributed by atoms with Gasteiger partial charge in [-0.2, -0.15) is 5.10 Å². The van der Waals surface area contributed by atoms with Crippen molar-refractivity contribution in [2.45, 2.75) is 38.1 Å². The normalized spacial score (nSPS) is 19.9. The molecule has 0 spiro atoms. The summed E-state index contributed by atoms with van der Waals surface area (Å²) in [6.45, 7) is 6.19. The maximum absolute atomic E-state index is 6.32. The number of aromatic amines is 1. The van der Waals surface area contributed by atoms with E-state index in [2.05, 4.69) is 47.4 Å². The number of hydrogen-bond acceptors (Lipinski definition) is 4. The van der Waals surface area contributed by atoms with Crippen molar-refractivity contribution in [2.75, 3.05) is 39.8 Å². The molecular weight excluding hydrogens is 398 g/mol. The van der Waals surface area contributed by atoms with Gasteiger partial charge in [0.05, 0.1) is 0 Å². The third kappa shape index (κ3) is 5.32. The highest BCUT2D eigenvalue weighted by molar-refractivity contribution is 6.31. The number of nitrogens with one attached hydrogen (secondary N) is 2. The van der Waals surface area contributed by atoms with Crippen molar-refractivity contribution < 1.29 is 0 Å². The molecule has 0 radical (unpaired) electrons. The zero-order valence-corrected chi connectivity index (χ0v) is 18.5. The van der Waals surface area contributed by atoms with E-state index in [-0.39, 0.29) is 0 Å². The number of piperidine rings is 2. The Morgan fingerprint density at radius 2 is 1.93 bits per heavy atom. The average molecular weight is 430 g/mol. The van der Waals surface area contributed by atoms with E-state index in [0.29, 0.717) is 11.8 Å². The van der Waals surface area contributed by atoms with Crippen LogP contribution < -0.4 is 5.32 Å². The third-order valence-corrected chi connectivity index (χ3v) is 6.80. The summed E-state index contributed by atoms with van der Waals surface area (Å²) in [6, 6.07) is 8.17. The monoisotopic (exact) mass is 429 g/mol. The first-order valence-electron chi connectivity index (χ1n) is 11.0. The van der Waals surface area contributed by atoms with Crippen LogP contribution in [-0.4, -0.2) is 70.7 Å². The Labute approximate surface area is 183 Å². The summed E-state index contributed by atoms with van der Waals surface area (Å²) < 4.78 is 0. The molecule has 8 heteroatoms. The van der Waals surface area contributed by atoms with Crippen molar-refractivity contribution in [3.05, 3.63) is 47.0 Å². The van der Waals surface area contributed by atoms with Gasteiger partial charge in [-0.1, -0.05) is 29.8 Å². The topological polar surface area (TPSA) is 72.4 Å². The highest BCUT2D eigenvalue weighted by Gasteiger charge is 2.25. The number of halogens is 1. The van der Waals surface area contributed by atoms with Crippen LogP contribution in [-0.2, 0) is 6.54 Å². The minimum atomic E-state index is 0.476. The second-order valence-electron chi connectivity index (χ2n) is 8.37. The Morgan fingerprint density at radius 1 is 1.17 bits per heavy atom. The van der Waals surface area contributed by atoms with Gasteiger partial charge < -0.3 is 10.2 Å². The Bertz CT molecular complexity index is 807. The van der Waals surface area contributed by atoms with Crippen LogP contribution in [0.4, 0.5) is 0 Å². The first-order valence-corrected chi connectivity index (χ1v) is 11.4. The van der Waals surface area contributed by atoms with Gasteiger partial charge in [0.15, 0.2) is 5.96 Å². The first kappa shape index (κ1) is 21.1. The molecule has 2 N–H and O–H groups in total. The van der Waals surface area contributed by atoms with Gasteiger partial charge in [0.1, 0.15) is 12.2 Å². The van der Waals surface area contributed by atoms with Gasteiger partial charge in [0, 0.05) is 44.2 Å². The second kappa shape index (κ2) is 10.3. The maximum Gasteiger partial charge on any atom is 0.193 e. The molecule has 2 aliphatic rings. The molecule has 3 heterocycles. The van der Waals surface area contributed by atoms with Crippen LogP contribution >= 0.6 is 11.6 Å². The van der Waals surface area contributed by atoms with E-state index in [0.717, 1.165) is 68.9 Å². The third-order valence-electron chi connectivity index (χ3n) is 6.43. The Kier molecular flexibility index (Phi) is 7.23. The van der Waals surface area contributed by atoms with Crippen LogP contribution in [0, 0.1) is 5.92 Å². The Balaban J connectivity index is 1.19. The maximum atomic E-state index is 6.32.